The fourth-order valence-corrected chi connectivity index (χ4v) is 2.43. The summed E-state index contributed by atoms with van der Waals surface area (Å²) in [5.41, 5.74) is 1.29. The van der Waals surface area contributed by atoms with Crippen molar-refractivity contribution < 1.29 is 0 Å². The van der Waals surface area contributed by atoms with Gasteiger partial charge >= 0.3 is 0 Å². The van der Waals surface area contributed by atoms with Gasteiger partial charge in [0.1, 0.15) is 0 Å². The van der Waals surface area contributed by atoms with Crippen LogP contribution in [0.4, 0.5) is 5.95 Å². The van der Waals surface area contributed by atoms with Crippen LogP contribution in [0.5, 0.6) is 0 Å². The Bertz CT molecular complexity index is 441. The number of aromatic nitrogens is 2. The molecule has 1 aromatic rings. The van der Waals surface area contributed by atoms with E-state index in [1.165, 1.54) is 25.7 Å². The lowest BCUT2D eigenvalue weighted by molar-refractivity contribution is 0.423. The minimum absolute atomic E-state index is 0.128. The van der Waals surface area contributed by atoms with Crippen molar-refractivity contribution in [2.24, 2.45) is 11.8 Å². The highest BCUT2D eigenvalue weighted by atomic mass is 15.3. The lowest BCUT2D eigenvalue weighted by Crippen LogP contribution is -2.35. The molecule has 0 saturated heterocycles. The van der Waals surface area contributed by atoms with E-state index in [1.54, 1.807) is 0 Å². The predicted octanol–water partition coefficient (Wildman–Crippen LogP) is 2.99. The van der Waals surface area contributed by atoms with Gasteiger partial charge in [0.05, 0.1) is 0 Å². The molecule has 1 aromatic heterocycles. The molecule has 0 unspecified atom stereocenters. The highest BCUT2D eigenvalue weighted by molar-refractivity contribution is 5.31. The van der Waals surface area contributed by atoms with Crippen LogP contribution in [0.1, 0.15) is 52.0 Å². The Morgan fingerprint density at radius 1 is 1.05 bits per heavy atom. The quantitative estimate of drug-likeness (QED) is 0.837. The van der Waals surface area contributed by atoms with Crippen molar-refractivity contribution in [2.75, 3.05) is 18.0 Å². The molecule has 0 radical (unpaired) electrons. The molecule has 0 aliphatic heterocycles. The first-order valence-electron chi connectivity index (χ1n) is 8.30. The Balaban J connectivity index is 1.59. The predicted molar refractivity (Wildman–Crippen MR) is 86.3 cm³/mol. The number of rotatable bonds is 7. The smallest absolute Gasteiger partial charge is 0.225 e. The minimum Gasteiger partial charge on any atom is -0.340 e. The van der Waals surface area contributed by atoms with Gasteiger partial charge in [-0.3, -0.25) is 0 Å². The maximum absolute atomic E-state index is 4.62. The van der Waals surface area contributed by atoms with Crippen LogP contribution in [0.25, 0.3) is 0 Å². The molecule has 116 valence electrons. The Labute approximate surface area is 128 Å². The summed E-state index contributed by atoms with van der Waals surface area (Å²) in [6.45, 7) is 9.65. The zero-order valence-corrected chi connectivity index (χ0v) is 13.6. The van der Waals surface area contributed by atoms with Crippen molar-refractivity contribution in [3.63, 3.8) is 0 Å². The summed E-state index contributed by atoms with van der Waals surface area (Å²) in [6.07, 6.45) is 9.49. The third-order valence-corrected chi connectivity index (χ3v) is 4.15. The molecule has 1 N–H and O–H groups in total. The zero-order chi connectivity index (χ0) is 14.9. The number of nitrogens with one attached hydrogen (secondary N) is 1. The molecule has 3 rings (SSSR count). The van der Waals surface area contributed by atoms with E-state index in [4.69, 9.17) is 0 Å². The molecule has 21 heavy (non-hydrogen) atoms. The normalized spacial score (nSPS) is 18.8. The Morgan fingerprint density at radius 3 is 2.00 bits per heavy atom. The van der Waals surface area contributed by atoms with Crippen LogP contribution in [0.3, 0.4) is 0 Å². The van der Waals surface area contributed by atoms with Crippen LogP contribution in [0.15, 0.2) is 12.4 Å². The van der Waals surface area contributed by atoms with Gasteiger partial charge in [0, 0.05) is 43.1 Å². The average Bonchev–Trinajstić information content (AvgIpc) is 3.31. The molecule has 2 aliphatic rings. The number of anilines is 1. The first-order chi connectivity index (χ1) is 9.99. The van der Waals surface area contributed by atoms with Crippen molar-refractivity contribution in [1.82, 2.24) is 15.3 Å². The second kappa shape index (κ2) is 5.91. The van der Waals surface area contributed by atoms with E-state index < -0.39 is 0 Å². The average molecular weight is 288 g/mol. The fraction of sp³-hybridized carbons (Fsp3) is 0.765. The van der Waals surface area contributed by atoms with Crippen molar-refractivity contribution in [3.8, 4) is 0 Å². The van der Waals surface area contributed by atoms with Crippen LogP contribution < -0.4 is 10.2 Å². The topological polar surface area (TPSA) is 41.1 Å². The third kappa shape index (κ3) is 4.95. The molecular formula is C17H28N4. The molecule has 2 aliphatic carbocycles. The monoisotopic (exact) mass is 288 g/mol. The maximum Gasteiger partial charge on any atom is 0.225 e. The standard InChI is InChI=1S/C17H28N4/c1-17(2,3)20-10-15-8-18-16(19-9-15)21(11-13-4-5-13)12-14-6-7-14/h8-9,13-14,20H,4-7,10-12H2,1-3H3. The molecule has 2 fully saturated rings. The first kappa shape index (κ1) is 14.8. The first-order valence-corrected chi connectivity index (χ1v) is 8.30. The molecule has 0 atom stereocenters. The maximum atomic E-state index is 4.62. The van der Waals surface area contributed by atoms with E-state index in [9.17, 15) is 0 Å². The SMILES string of the molecule is CC(C)(C)NCc1cnc(N(CC2CC2)CC2CC2)nc1. The van der Waals surface area contributed by atoms with Crippen LogP contribution in [-0.2, 0) is 6.54 Å². The molecule has 0 aromatic carbocycles. The van der Waals surface area contributed by atoms with E-state index in [2.05, 4.69) is 41.0 Å². The van der Waals surface area contributed by atoms with Crippen LogP contribution >= 0.6 is 0 Å². The van der Waals surface area contributed by atoms with E-state index in [0.29, 0.717) is 0 Å². The summed E-state index contributed by atoms with van der Waals surface area (Å²) in [5.74, 6) is 2.69. The summed E-state index contributed by atoms with van der Waals surface area (Å²) in [7, 11) is 0. The summed E-state index contributed by atoms with van der Waals surface area (Å²) in [5, 5.41) is 3.48. The molecule has 4 nitrogen and oxygen atoms in total. The molecule has 1 heterocycles. The van der Waals surface area contributed by atoms with Gasteiger partial charge in [-0.25, -0.2) is 9.97 Å². The summed E-state index contributed by atoms with van der Waals surface area (Å²) in [4.78, 5) is 11.6. The lowest BCUT2D eigenvalue weighted by atomic mass is 10.1. The summed E-state index contributed by atoms with van der Waals surface area (Å²) in [6, 6.07) is 0. The highest BCUT2D eigenvalue weighted by Gasteiger charge is 2.30. The molecule has 2 saturated carbocycles. The Morgan fingerprint density at radius 2 is 1.57 bits per heavy atom. The zero-order valence-electron chi connectivity index (χ0n) is 13.6. The van der Waals surface area contributed by atoms with E-state index in [0.717, 1.165) is 43.0 Å². The van der Waals surface area contributed by atoms with Crippen molar-refractivity contribution in [1.29, 1.82) is 0 Å². The van der Waals surface area contributed by atoms with Gasteiger partial charge in [0.25, 0.3) is 0 Å². The van der Waals surface area contributed by atoms with Gasteiger partial charge in [-0.05, 0) is 58.3 Å². The van der Waals surface area contributed by atoms with E-state index in [-0.39, 0.29) is 5.54 Å². The van der Waals surface area contributed by atoms with Crippen LogP contribution in [0.2, 0.25) is 0 Å². The van der Waals surface area contributed by atoms with Gasteiger partial charge in [-0.15, -0.1) is 0 Å². The Hall–Kier alpha value is -1.16. The second-order valence-electron chi connectivity index (χ2n) is 7.79. The molecule has 0 bridgehead atoms. The van der Waals surface area contributed by atoms with Crippen molar-refractivity contribution in [3.05, 3.63) is 18.0 Å². The molecule has 0 spiro atoms. The van der Waals surface area contributed by atoms with Crippen LogP contribution in [0, 0.1) is 11.8 Å². The van der Waals surface area contributed by atoms with Gasteiger partial charge in [0.2, 0.25) is 5.95 Å². The number of hydrogen-bond acceptors (Lipinski definition) is 4. The van der Waals surface area contributed by atoms with E-state index >= 15 is 0 Å². The minimum atomic E-state index is 0.128. The lowest BCUT2D eigenvalue weighted by Gasteiger charge is -2.23. The van der Waals surface area contributed by atoms with Gasteiger partial charge < -0.3 is 10.2 Å². The molecule has 4 heteroatoms. The summed E-state index contributed by atoms with van der Waals surface area (Å²) < 4.78 is 0. The summed E-state index contributed by atoms with van der Waals surface area (Å²) >= 11 is 0. The number of nitrogens with zero attached hydrogens (tertiary/aromatic N) is 3. The van der Waals surface area contributed by atoms with Crippen molar-refractivity contribution >= 4 is 5.95 Å². The van der Waals surface area contributed by atoms with Gasteiger partial charge in [-0.1, -0.05) is 0 Å². The van der Waals surface area contributed by atoms with Crippen LogP contribution in [-0.4, -0.2) is 28.6 Å². The van der Waals surface area contributed by atoms with Crippen molar-refractivity contribution in [2.45, 2.75) is 58.5 Å². The highest BCUT2D eigenvalue weighted by Crippen LogP contribution is 2.34. The molecule has 0 amide bonds. The largest absolute Gasteiger partial charge is 0.340 e. The fourth-order valence-electron chi connectivity index (χ4n) is 2.43. The molecular weight excluding hydrogens is 260 g/mol. The second-order valence-corrected chi connectivity index (χ2v) is 7.79. The Kier molecular flexibility index (Phi) is 4.16. The third-order valence-electron chi connectivity index (χ3n) is 4.15. The van der Waals surface area contributed by atoms with E-state index in [1.807, 2.05) is 12.4 Å². The van der Waals surface area contributed by atoms with Gasteiger partial charge in [-0.2, -0.15) is 0 Å². The number of hydrogen-bond donors (Lipinski definition) is 1. The van der Waals surface area contributed by atoms with Gasteiger partial charge in [0.15, 0.2) is 0 Å².